The van der Waals surface area contributed by atoms with E-state index in [1.165, 1.54) is 0 Å². The molecule has 0 bridgehead atoms. The van der Waals surface area contributed by atoms with Crippen LogP contribution in [0.3, 0.4) is 0 Å². The molecule has 0 aliphatic heterocycles. The average Bonchev–Trinajstić information content (AvgIpc) is 2.70. The molecule has 1 aromatic rings. The molecular formula is C10H14INO3S. The number of hydrogen-bond acceptors (Lipinski definition) is 4. The van der Waals surface area contributed by atoms with E-state index in [4.69, 9.17) is 9.47 Å². The summed E-state index contributed by atoms with van der Waals surface area (Å²) in [5.41, 5.74) is 0.696. The molecule has 0 aliphatic carbocycles. The van der Waals surface area contributed by atoms with Crippen LogP contribution < -0.4 is 5.32 Å². The van der Waals surface area contributed by atoms with Gasteiger partial charge >= 0.3 is 0 Å². The zero-order chi connectivity index (χ0) is 12.0. The van der Waals surface area contributed by atoms with Crippen molar-refractivity contribution in [3.05, 3.63) is 19.9 Å². The first-order valence-electron chi connectivity index (χ1n) is 4.71. The van der Waals surface area contributed by atoms with E-state index in [2.05, 4.69) is 27.9 Å². The molecule has 0 fully saturated rings. The zero-order valence-corrected chi connectivity index (χ0v) is 12.1. The molecule has 1 rings (SSSR count). The SMILES string of the molecule is COCC(CNC(=O)c1csc(I)c1)OC. The molecule has 6 heteroatoms. The molecule has 90 valence electrons. The monoisotopic (exact) mass is 355 g/mol. The van der Waals surface area contributed by atoms with Gasteiger partial charge in [-0.25, -0.2) is 0 Å². The van der Waals surface area contributed by atoms with Crippen molar-refractivity contribution in [1.29, 1.82) is 0 Å². The van der Waals surface area contributed by atoms with Gasteiger partial charge in [-0.2, -0.15) is 0 Å². The van der Waals surface area contributed by atoms with Gasteiger partial charge in [-0.1, -0.05) is 0 Å². The third-order valence-corrected chi connectivity index (χ3v) is 3.79. The lowest BCUT2D eigenvalue weighted by atomic mass is 10.3. The normalized spacial score (nSPS) is 12.4. The van der Waals surface area contributed by atoms with Crippen molar-refractivity contribution in [3.63, 3.8) is 0 Å². The molecule has 1 amide bonds. The molecule has 1 aromatic heterocycles. The molecule has 0 aromatic carbocycles. The summed E-state index contributed by atoms with van der Waals surface area (Å²) in [7, 11) is 3.21. The molecule has 1 heterocycles. The Balaban J connectivity index is 2.40. The van der Waals surface area contributed by atoms with Crippen LogP contribution in [0.2, 0.25) is 0 Å². The molecule has 0 saturated heterocycles. The largest absolute Gasteiger partial charge is 0.382 e. The van der Waals surface area contributed by atoms with Crippen LogP contribution in [0.5, 0.6) is 0 Å². The summed E-state index contributed by atoms with van der Waals surface area (Å²) in [6, 6.07) is 1.86. The Bertz CT molecular complexity index is 343. The molecule has 0 saturated carbocycles. The van der Waals surface area contributed by atoms with Gasteiger partial charge in [-0.3, -0.25) is 4.79 Å². The van der Waals surface area contributed by atoms with E-state index in [1.54, 1.807) is 25.6 Å². The predicted octanol–water partition coefficient (Wildman–Crippen LogP) is 1.74. The van der Waals surface area contributed by atoms with Crippen molar-refractivity contribution < 1.29 is 14.3 Å². The Labute approximate surface area is 112 Å². The summed E-state index contributed by atoms with van der Waals surface area (Å²) in [4.78, 5) is 11.7. The number of ether oxygens (including phenoxy) is 2. The summed E-state index contributed by atoms with van der Waals surface area (Å²) >= 11 is 3.74. The van der Waals surface area contributed by atoms with Crippen LogP contribution in [0.25, 0.3) is 0 Å². The maximum Gasteiger partial charge on any atom is 0.252 e. The smallest absolute Gasteiger partial charge is 0.252 e. The van der Waals surface area contributed by atoms with Crippen LogP contribution in [-0.2, 0) is 9.47 Å². The summed E-state index contributed by atoms with van der Waals surface area (Å²) in [6.07, 6.45) is -0.105. The van der Waals surface area contributed by atoms with Gasteiger partial charge in [-0.05, 0) is 28.7 Å². The number of hydrogen-bond donors (Lipinski definition) is 1. The number of amides is 1. The highest BCUT2D eigenvalue weighted by molar-refractivity contribution is 14.1. The Morgan fingerprint density at radius 1 is 1.62 bits per heavy atom. The maximum absolute atomic E-state index is 11.7. The van der Waals surface area contributed by atoms with E-state index in [0.717, 1.165) is 2.88 Å². The van der Waals surface area contributed by atoms with Gasteiger partial charge in [0.1, 0.15) is 0 Å². The number of methoxy groups -OCH3 is 2. The molecule has 1 N–H and O–H groups in total. The van der Waals surface area contributed by atoms with E-state index in [0.29, 0.717) is 18.7 Å². The summed E-state index contributed by atoms with van der Waals surface area (Å²) in [5, 5.41) is 4.65. The fourth-order valence-electron chi connectivity index (χ4n) is 1.13. The van der Waals surface area contributed by atoms with Crippen LogP contribution in [-0.4, -0.2) is 39.4 Å². The highest BCUT2D eigenvalue weighted by Crippen LogP contribution is 2.16. The molecule has 0 radical (unpaired) electrons. The Kier molecular flexibility index (Phi) is 6.25. The highest BCUT2D eigenvalue weighted by atomic mass is 127. The van der Waals surface area contributed by atoms with Gasteiger partial charge in [0.15, 0.2) is 0 Å². The lowest BCUT2D eigenvalue weighted by molar-refractivity contribution is 0.0285. The predicted molar refractivity (Wildman–Crippen MR) is 72.0 cm³/mol. The zero-order valence-electron chi connectivity index (χ0n) is 9.16. The van der Waals surface area contributed by atoms with Gasteiger partial charge in [-0.15, -0.1) is 11.3 Å². The molecule has 4 nitrogen and oxygen atoms in total. The van der Waals surface area contributed by atoms with Gasteiger partial charge in [0.25, 0.3) is 5.91 Å². The third-order valence-electron chi connectivity index (χ3n) is 2.01. The molecule has 1 atom stereocenters. The summed E-state index contributed by atoms with van der Waals surface area (Å²) < 4.78 is 11.2. The highest BCUT2D eigenvalue weighted by Gasteiger charge is 2.11. The van der Waals surface area contributed by atoms with Crippen molar-refractivity contribution in [2.45, 2.75) is 6.10 Å². The van der Waals surface area contributed by atoms with Crippen molar-refractivity contribution in [2.75, 3.05) is 27.4 Å². The van der Waals surface area contributed by atoms with Crippen molar-refractivity contribution in [2.24, 2.45) is 0 Å². The molecular weight excluding hydrogens is 341 g/mol. The minimum atomic E-state index is -0.105. The van der Waals surface area contributed by atoms with Gasteiger partial charge in [0.05, 0.1) is 21.2 Å². The van der Waals surface area contributed by atoms with E-state index >= 15 is 0 Å². The first-order valence-corrected chi connectivity index (χ1v) is 6.67. The summed E-state index contributed by atoms with van der Waals surface area (Å²) in [5.74, 6) is -0.0719. The van der Waals surface area contributed by atoms with Crippen LogP contribution >= 0.6 is 33.9 Å². The second-order valence-corrected chi connectivity index (χ2v) is 5.97. The van der Waals surface area contributed by atoms with Gasteiger partial charge < -0.3 is 14.8 Å². The topological polar surface area (TPSA) is 47.6 Å². The number of thiophene rings is 1. The van der Waals surface area contributed by atoms with Crippen LogP contribution in [0, 0.1) is 2.88 Å². The second-order valence-electron chi connectivity index (χ2n) is 3.16. The number of carbonyl (C=O) groups is 1. The Morgan fingerprint density at radius 2 is 2.38 bits per heavy atom. The van der Waals surface area contributed by atoms with Crippen molar-refractivity contribution in [3.8, 4) is 0 Å². The molecule has 16 heavy (non-hydrogen) atoms. The van der Waals surface area contributed by atoms with E-state index in [9.17, 15) is 4.79 Å². The standard InChI is InChI=1S/C10H14INO3S/c1-14-5-8(15-2)4-12-10(13)7-3-9(11)16-6-7/h3,6,8H,4-5H2,1-2H3,(H,12,13). The number of rotatable bonds is 6. The molecule has 0 spiro atoms. The molecule has 1 unspecified atom stereocenters. The van der Waals surface area contributed by atoms with E-state index in [-0.39, 0.29) is 12.0 Å². The first kappa shape index (κ1) is 13.9. The lowest BCUT2D eigenvalue weighted by Crippen LogP contribution is -2.35. The maximum atomic E-state index is 11.7. The third kappa shape index (κ3) is 4.36. The minimum absolute atomic E-state index is 0.0719. The first-order chi connectivity index (χ1) is 7.67. The van der Waals surface area contributed by atoms with Crippen LogP contribution in [0.15, 0.2) is 11.4 Å². The Morgan fingerprint density at radius 3 is 2.88 bits per heavy atom. The number of nitrogens with one attached hydrogen (secondary N) is 1. The van der Waals surface area contributed by atoms with E-state index in [1.807, 2.05) is 11.4 Å². The number of carbonyl (C=O) groups excluding carboxylic acids is 1. The van der Waals surface area contributed by atoms with Crippen molar-refractivity contribution in [1.82, 2.24) is 5.32 Å². The number of halogens is 1. The lowest BCUT2D eigenvalue weighted by Gasteiger charge is -2.14. The van der Waals surface area contributed by atoms with Gasteiger partial charge in [0, 0.05) is 26.1 Å². The van der Waals surface area contributed by atoms with E-state index < -0.39 is 0 Å². The van der Waals surface area contributed by atoms with Crippen molar-refractivity contribution >= 4 is 39.8 Å². The fraction of sp³-hybridized carbons (Fsp3) is 0.500. The van der Waals surface area contributed by atoms with Crippen LogP contribution in [0.4, 0.5) is 0 Å². The minimum Gasteiger partial charge on any atom is -0.382 e. The average molecular weight is 355 g/mol. The summed E-state index contributed by atoms with van der Waals surface area (Å²) in [6.45, 7) is 0.924. The van der Waals surface area contributed by atoms with Gasteiger partial charge in [0.2, 0.25) is 0 Å². The Hall–Kier alpha value is -0.180. The van der Waals surface area contributed by atoms with Crippen LogP contribution in [0.1, 0.15) is 10.4 Å². The molecule has 0 aliphatic rings. The second kappa shape index (κ2) is 7.21. The fourth-order valence-corrected chi connectivity index (χ4v) is 2.46. The quantitative estimate of drug-likeness (QED) is 0.791.